The summed E-state index contributed by atoms with van der Waals surface area (Å²) in [6, 6.07) is 0. The van der Waals surface area contributed by atoms with E-state index < -0.39 is 0 Å². The number of morpholine rings is 1. The molecule has 1 aliphatic heterocycles. The van der Waals surface area contributed by atoms with E-state index in [1.165, 1.54) is 17.7 Å². The highest BCUT2D eigenvalue weighted by Gasteiger charge is 2.18. The van der Waals surface area contributed by atoms with Crippen molar-refractivity contribution in [2.24, 2.45) is 0 Å². The van der Waals surface area contributed by atoms with Gasteiger partial charge in [0.1, 0.15) is 11.6 Å². The molecule has 1 aliphatic carbocycles. The molecule has 1 aromatic heterocycles. The predicted octanol–water partition coefficient (Wildman–Crippen LogP) is 2.25. The summed E-state index contributed by atoms with van der Waals surface area (Å²) in [5.74, 6) is 1.97. The Morgan fingerprint density at radius 2 is 1.91 bits per heavy atom. The molecule has 0 bridgehead atoms. The molecular formula is C15H26Cl2N4O. The minimum Gasteiger partial charge on any atom is -0.379 e. The summed E-state index contributed by atoms with van der Waals surface area (Å²) in [6.45, 7) is 8.02. The number of nitrogens with one attached hydrogen (secondary N) is 1. The Kier molecular flexibility index (Phi) is 8.39. The summed E-state index contributed by atoms with van der Waals surface area (Å²) in [7, 11) is 0. The quantitative estimate of drug-likeness (QED) is 0.827. The van der Waals surface area contributed by atoms with Crippen molar-refractivity contribution in [2.45, 2.75) is 32.6 Å². The third kappa shape index (κ3) is 4.95. The van der Waals surface area contributed by atoms with E-state index in [9.17, 15) is 0 Å². The second-order valence-corrected chi connectivity index (χ2v) is 5.63. The second-order valence-electron chi connectivity index (χ2n) is 5.63. The Morgan fingerprint density at radius 1 is 1.14 bits per heavy atom. The van der Waals surface area contributed by atoms with Gasteiger partial charge in [-0.15, -0.1) is 24.8 Å². The van der Waals surface area contributed by atoms with Gasteiger partial charge in [0, 0.05) is 30.9 Å². The maximum atomic E-state index is 5.36. The Labute approximate surface area is 145 Å². The molecule has 22 heavy (non-hydrogen) atoms. The minimum atomic E-state index is 0. The minimum absolute atomic E-state index is 0. The summed E-state index contributed by atoms with van der Waals surface area (Å²) in [6.07, 6.45) is 4.61. The lowest BCUT2D eigenvalue weighted by Crippen LogP contribution is -2.37. The van der Waals surface area contributed by atoms with Gasteiger partial charge in [-0.3, -0.25) is 4.90 Å². The van der Waals surface area contributed by atoms with Crippen LogP contribution in [0.1, 0.15) is 29.9 Å². The SMILES string of the molecule is Cc1nc2c(c(NCCCN3CCOCC3)n1)CCC2.Cl.Cl. The van der Waals surface area contributed by atoms with Gasteiger partial charge in [-0.05, 0) is 39.2 Å². The number of hydrogen-bond acceptors (Lipinski definition) is 5. The van der Waals surface area contributed by atoms with Crippen LogP contribution in [0.5, 0.6) is 0 Å². The van der Waals surface area contributed by atoms with Gasteiger partial charge in [-0.25, -0.2) is 9.97 Å². The number of fused-ring (bicyclic) bond motifs is 1. The van der Waals surface area contributed by atoms with E-state index in [-0.39, 0.29) is 24.8 Å². The standard InChI is InChI=1S/C15H24N4O.2ClH/c1-12-17-14-5-2-4-13(14)15(18-12)16-6-3-7-19-8-10-20-11-9-19;;/h2-11H2,1H3,(H,16,17,18);2*1H. The molecule has 0 atom stereocenters. The molecule has 2 aliphatic rings. The fourth-order valence-corrected chi connectivity index (χ4v) is 3.04. The number of rotatable bonds is 5. The highest BCUT2D eigenvalue weighted by atomic mass is 35.5. The van der Waals surface area contributed by atoms with Gasteiger partial charge in [0.25, 0.3) is 0 Å². The maximum Gasteiger partial charge on any atom is 0.133 e. The summed E-state index contributed by atoms with van der Waals surface area (Å²) in [4.78, 5) is 11.6. The number of halogens is 2. The Bertz CT molecular complexity index is 467. The first-order chi connectivity index (χ1) is 9.83. The third-order valence-corrected chi connectivity index (χ3v) is 4.09. The number of nitrogens with zero attached hydrogens (tertiary/aromatic N) is 3. The summed E-state index contributed by atoms with van der Waals surface area (Å²) < 4.78 is 5.36. The summed E-state index contributed by atoms with van der Waals surface area (Å²) in [5, 5.41) is 3.52. The van der Waals surface area contributed by atoms with E-state index in [0.717, 1.165) is 70.3 Å². The van der Waals surface area contributed by atoms with Gasteiger partial charge in [0.15, 0.2) is 0 Å². The van der Waals surface area contributed by atoms with Crippen molar-refractivity contribution >= 4 is 30.6 Å². The van der Waals surface area contributed by atoms with E-state index in [4.69, 9.17) is 4.74 Å². The lowest BCUT2D eigenvalue weighted by atomic mass is 10.2. The van der Waals surface area contributed by atoms with Gasteiger partial charge in [0.2, 0.25) is 0 Å². The molecule has 2 heterocycles. The molecule has 0 saturated carbocycles. The number of hydrogen-bond donors (Lipinski definition) is 1. The zero-order valence-electron chi connectivity index (χ0n) is 13.1. The normalized spacial score (nSPS) is 17.3. The Balaban J connectivity index is 0.00000121. The summed E-state index contributed by atoms with van der Waals surface area (Å²) in [5.41, 5.74) is 2.61. The maximum absolute atomic E-state index is 5.36. The first-order valence-electron chi connectivity index (χ1n) is 7.73. The molecule has 0 spiro atoms. The Hall–Kier alpha value is -0.620. The second kappa shape index (κ2) is 9.50. The largest absolute Gasteiger partial charge is 0.379 e. The van der Waals surface area contributed by atoms with E-state index in [0.29, 0.717) is 0 Å². The number of ether oxygens (including phenoxy) is 1. The molecule has 7 heteroatoms. The van der Waals surface area contributed by atoms with Crippen molar-refractivity contribution in [3.05, 3.63) is 17.1 Å². The van der Waals surface area contributed by atoms with Crippen molar-refractivity contribution in [1.82, 2.24) is 14.9 Å². The summed E-state index contributed by atoms with van der Waals surface area (Å²) >= 11 is 0. The van der Waals surface area contributed by atoms with E-state index in [1.54, 1.807) is 0 Å². The fraction of sp³-hybridized carbons (Fsp3) is 0.733. The molecule has 1 N–H and O–H groups in total. The van der Waals surface area contributed by atoms with Crippen LogP contribution in [-0.4, -0.2) is 54.3 Å². The first-order valence-corrected chi connectivity index (χ1v) is 7.73. The van der Waals surface area contributed by atoms with Crippen molar-refractivity contribution in [1.29, 1.82) is 0 Å². The smallest absolute Gasteiger partial charge is 0.133 e. The number of anilines is 1. The van der Waals surface area contributed by atoms with Gasteiger partial charge in [-0.1, -0.05) is 0 Å². The topological polar surface area (TPSA) is 50.3 Å². The monoisotopic (exact) mass is 348 g/mol. The lowest BCUT2D eigenvalue weighted by Gasteiger charge is -2.26. The molecule has 5 nitrogen and oxygen atoms in total. The van der Waals surface area contributed by atoms with Gasteiger partial charge < -0.3 is 10.1 Å². The van der Waals surface area contributed by atoms with Crippen molar-refractivity contribution in [2.75, 3.05) is 44.7 Å². The number of aromatic nitrogens is 2. The molecule has 0 unspecified atom stereocenters. The zero-order chi connectivity index (χ0) is 13.8. The van der Waals surface area contributed by atoms with Crippen molar-refractivity contribution in [3.8, 4) is 0 Å². The van der Waals surface area contributed by atoms with Gasteiger partial charge in [-0.2, -0.15) is 0 Å². The molecule has 1 aromatic rings. The molecular weight excluding hydrogens is 323 g/mol. The predicted molar refractivity (Wildman–Crippen MR) is 93.7 cm³/mol. The third-order valence-electron chi connectivity index (χ3n) is 4.09. The molecule has 126 valence electrons. The van der Waals surface area contributed by atoms with E-state index in [1.807, 2.05) is 6.92 Å². The number of aryl methyl sites for hydroxylation is 2. The molecule has 0 radical (unpaired) electrons. The highest BCUT2D eigenvalue weighted by Crippen LogP contribution is 2.25. The van der Waals surface area contributed by atoms with Gasteiger partial charge >= 0.3 is 0 Å². The van der Waals surface area contributed by atoms with Crippen LogP contribution in [0.15, 0.2) is 0 Å². The average molecular weight is 349 g/mol. The molecule has 1 saturated heterocycles. The average Bonchev–Trinajstić information content (AvgIpc) is 2.92. The lowest BCUT2D eigenvalue weighted by molar-refractivity contribution is 0.0378. The molecule has 1 fully saturated rings. The molecule has 3 rings (SSSR count). The van der Waals surface area contributed by atoms with Crippen LogP contribution >= 0.6 is 24.8 Å². The van der Waals surface area contributed by atoms with Crippen LogP contribution in [0.2, 0.25) is 0 Å². The Morgan fingerprint density at radius 3 is 2.68 bits per heavy atom. The van der Waals surface area contributed by atoms with Crippen LogP contribution in [-0.2, 0) is 17.6 Å². The molecule has 0 aromatic carbocycles. The van der Waals surface area contributed by atoms with E-state index in [2.05, 4.69) is 20.2 Å². The first kappa shape index (κ1) is 19.4. The van der Waals surface area contributed by atoms with Crippen LogP contribution in [0.25, 0.3) is 0 Å². The van der Waals surface area contributed by atoms with Gasteiger partial charge in [0.05, 0.1) is 13.2 Å². The van der Waals surface area contributed by atoms with Crippen molar-refractivity contribution in [3.63, 3.8) is 0 Å². The van der Waals surface area contributed by atoms with Crippen LogP contribution in [0.3, 0.4) is 0 Å². The van der Waals surface area contributed by atoms with E-state index >= 15 is 0 Å². The van der Waals surface area contributed by atoms with Crippen molar-refractivity contribution < 1.29 is 4.74 Å². The van der Waals surface area contributed by atoms with Crippen LogP contribution in [0, 0.1) is 6.92 Å². The zero-order valence-corrected chi connectivity index (χ0v) is 14.8. The highest BCUT2D eigenvalue weighted by molar-refractivity contribution is 5.85. The van der Waals surface area contributed by atoms with Crippen LogP contribution in [0.4, 0.5) is 5.82 Å². The molecule has 0 amide bonds. The van der Waals surface area contributed by atoms with Crippen LogP contribution < -0.4 is 5.32 Å². The fourth-order valence-electron chi connectivity index (χ4n) is 3.04.